The van der Waals surface area contributed by atoms with Crippen LogP contribution in [0.15, 0.2) is 0 Å². The minimum atomic E-state index is -0.938. The van der Waals surface area contributed by atoms with Gasteiger partial charge in [0.25, 0.3) is 0 Å². The second-order valence-corrected chi connectivity index (χ2v) is 4.02. The Kier molecular flexibility index (Phi) is 5.51. The predicted octanol–water partition coefficient (Wildman–Crippen LogP) is 2.09. The number of hydrogen-bond acceptors (Lipinski definition) is 2. The van der Waals surface area contributed by atoms with Crippen molar-refractivity contribution >= 4 is 0 Å². The van der Waals surface area contributed by atoms with Crippen LogP contribution >= 0.6 is 0 Å². The molecule has 1 atom stereocenters. The zero-order valence-electron chi connectivity index (χ0n) is 8.51. The van der Waals surface area contributed by atoms with Gasteiger partial charge in [-0.1, -0.05) is 32.6 Å². The van der Waals surface area contributed by atoms with Gasteiger partial charge >= 0.3 is 0 Å². The lowest BCUT2D eigenvalue weighted by Crippen LogP contribution is -2.35. The summed E-state index contributed by atoms with van der Waals surface area (Å²) in [6.45, 7) is 5.46. The highest BCUT2D eigenvalue weighted by molar-refractivity contribution is 4.75. The highest BCUT2D eigenvalue weighted by Gasteiger charge is 2.23. The Balaban J connectivity index is 3.38. The maximum absolute atomic E-state index is 9.44. The van der Waals surface area contributed by atoms with Crippen LogP contribution in [-0.2, 0) is 0 Å². The number of rotatable bonds is 6. The third-order valence-electron chi connectivity index (χ3n) is 2.15. The molecule has 0 radical (unpaired) electrons. The van der Waals surface area contributed by atoms with E-state index in [0.717, 1.165) is 12.8 Å². The summed E-state index contributed by atoms with van der Waals surface area (Å²) in [6.07, 6.45) is 4.73. The molecule has 0 aliphatic carbocycles. The van der Waals surface area contributed by atoms with Crippen LogP contribution < -0.4 is 0 Å². The van der Waals surface area contributed by atoms with Gasteiger partial charge in [-0.2, -0.15) is 0 Å². The van der Waals surface area contributed by atoms with Gasteiger partial charge in [-0.3, -0.25) is 0 Å². The molecule has 0 spiro atoms. The van der Waals surface area contributed by atoms with Gasteiger partial charge in [0, 0.05) is 0 Å². The average molecular weight is 174 g/mol. The molecule has 0 bridgehead atoms. The number of unbranched alkanes of at least 4 members (excludes halogenated alkanes) is 3. The van der Waals surface area contributed by atoms with Crippen molar-refractivity contribution in [3.8, 4) is 0 Å². The second kappa shape index (κ2) is 5.55. The van der Waals surface area contributed by atoms with Crippen molar-refractivity contribution < 1.29 is 10.2 Å². The van der Waals surface area contributed by atoms with Crippen LogP contribution in [0.2, 0.25) is 0 Å². The van der Waals surface area contributed by atoms with E-state index in [-0.39, 0.29) is 0 Å². The highest BCUT2D eigenvalue weighted by Crippen LogP contribution is 2.15. The molecule has 12 heavy (non-hydrogen) atoms. The monoisotopic (exact) mass is 174 g/mol. The molecule has 0 fully saturated rings. The molecule has 0 aromatic rings. The van der Waals surface area contributed by atoms with Crippen molar-refractivity contribution in [2.45, 2.75) is 64.6 Å². The lowest BCUT2D eigenvalue weighted by atomic mass is 9.96. The standard InChI is InChI=1S/C10H22O2/c1-4-5-6-7-8-9(11)10(2,3)12/h9,11-12H,4-8H2,1-3H3/t9-/m1/s1. The molecule has 0 amide bonds. The van der Waals surface area contributed by atoms with Crippen LogP contribution in [-0.4, -0.2) is 21.9 Å². The maximum atomic E-state index is 9.44. The largest absolute Gasteiger partial charge is 0.390 e. The molecule has 0 aliphatic heterocycles. The van der Waals surface area contributed by atoms with Gasteiger partial charge in [0.05, 0.1) is 11.7 Å². The average Bonchev–Trinajstić information content (AvgIpc) is 1.96. The summed E-state index contributed by atoms with van der Waals surface area (Å²) in [5.74, 6) is 0. The lowest BCUT2D eigenvalue weighted by molar-refractivity contribution is -0.0521. The third-order valence-corrected chi connectivity index (χ3v) is 2.15. The summed E-state index contributed by atoms with van der Waals surface area (Å²) in [5.41, 5.74) is -0.938. The maximum Gasteiger partial charge on any atom is 0.0849 e. The molecule has 2 N–H and O–H groups in total. The van der Waals surface area contributed by atoms with E-state index in [1.54, 1.807) is 13.8 Å². The molecule has 74 valence electrons. The first kappa shape index (κ1) is 11.9. The lowest BCUT2D eigenvalue weighted by Gasteiger charge is -2.24. The predicted molar refractivity (Wildman–Crippen MR) is 51.1 cm³/mol. The first-order chi connectivity index (χ1) is 5.48. The van der Waals surface area contributed by atoms with Gasteiger partial charge in [-0.05, 0) is 20.3 Å². The Morgan fingerprint density at radius 2 is 1.75 bits per heavy atom. The molecule has 0 aliphatic rings. The number of aliphatic hydroxyl groups excluding tert-OH is 1. The van der Waals surface area contributed by atoms with E-state index in [1.165, 1.54) is 12.8 Å². The Morgan fingerprint density at radius 3 is 2.17 bits per heavy atom. The van der Waals surface area contributed by atoms with E-state index in [1.807, 2.05) is 0 Å². The summed E-state index contributed by atoms with van der Waals surface area (Å²) in [7, 11) is 0. The van der Waals surface area contributed by atoms with E-state index in [0.29, 0.717) is 6.42 Å². The van der Waals surface area contributed by atoms with E-state index in [2.05, 4.69) is 6.92 Å². The third kappa shape index (κ3) is 5.56. The van der Waals surface area contributed by atoms with Crippen LogP contribution in [0.25, 0.3) is 0 Å². The van der Waals surface area contributed by atoms with Crippen molar-refractivity contribution in [3.05, 3.63) is 0 Å². The van der Waals surface area contributed by atoms with E-state index < -0.39 is 11.7 Å². The van der Waals surface area contributed by atoms with Gasteiger partial charge in [0.1, 0.15) is 0 Å². The van der Waals surface area contributed by atoms with Crippen LogP contribution in [0.5, 0.6) is 0 Å². The first-order valence-corrected chi connectivity index (χ1v) is 4.89. The molecule has 0 saturated carbocycles. The molecule has 0 rings (SSSR count). The zero-order valence-corrected chi connectivity index (χ0v) is 8.51. The van der Waals surface area contributed by atoms with Gasteiger partial charge in [0.15, 0.2) is 0 Å². The van der Waals surface area contributed by atoms with Crippen LogP contribution in [0.1, 0.15) is 52.9 Å². The van der Waals surface area contributed by atoms with Crippen molar-refractivity contribution in [1.82, 2.24) is 0 Å². The molecule has 2 heteroatoms. The van der Waals surface area contributed by atoms with Crippen molar-refractivity contribution in [2.24, 2.45) is 0 Å². The van der Waals surface area contributed by atoms with E-state index in [4.69, 9.17) is 0 Å². The smallest absolute Gasteiger partial charge is 0.0849 e. The molecule has 2 nitrogen and oxygen atoms in total. The van der Waals surface area contributed by atoms with Crippen molar-refractivity contribution in [1.29, 1.82) is 0 Å². The molecule has 0 aromatic carbocycles. The van der Waals surface area contributed by atoms with E-state index in [9.17, 15) is 10.2 Å². The highest BCUT2D eigenvalue weighted by atomic mass is 16.3. The molecule has 0 saturated heterocycles. The summed E-state index contributed by atoms with van der Waals surface area (Å²) < 4.78 is 0. The fourth-order valence-corrected chi connectivity index (χ4v) is 1.12. The fraction of sp³-hybridized carbons (Fsp3) is 1.00. The Hall–Kier alpha value is -0.0800. The van der Waals surface area contributed by atoms with Gasteiger partial charge in [-0.15, -0.1) is 0 Å². The van der Waals surface area contributed by atoms with Crippen molar-refractivity contribution in [2.75, 3.05) is 0 Å². The van der Waals surface area contributed by atoms with Crippen LogP contribution in [0.4, 0.5) is 0 Å². The first-order valence-electron chi connectivity index (χ1n) is 4.89. The Bertz CT molecular complexity index is 105. The Morgan fingerprint density at radius 1 is 1.17 bits per heavy atom. The molecule has 0 aromatic heterocycles. The minimum absolute atomic E-state index is 0.575. The Labute approximate surface area is 75.6 Å². The van der Waals surface area contributed by atoms with E-state index >= 15 is 0 Å². The molecule has 0 heterocycles. The summed E-state index contributed by atoms with van der Waals surface area (Å²) in [6, 6.07) is 0. The summed E-state index contributed by atoms with van der Waals surface area (Å²) in [4.78, 5) is 0. The molecular formula is C10H22O2. The summed E-state index contributed by atoms with van der Waals surface area (Å²) >= 11 is 0. The van der Waals surface area contributed by atoms with Crippen LogP contribution in [0, 0.1) is 0 Å². The number of hydrogen-bond donors (Lipinski definition) is 2. The van der Waals surface area contributed by atoms with Gasteiger partial charge in [-0.25, -0.2) is 0 Å². The van der Waals surface area contributed by atoms with Gasteiger partial charge < -0.3 is 10.2 Å². The molecular weight excluding hydrogens is 152 g/mol. The SMILES string of the molecule is CCCCCC[C@@H](O)C(C)(C)O. The second-order valence-electron chi connectivity index (χ2n) is 4.02. The van der Waals surface area contributed by atoms with Crippen molar-refractivity contribution in [3.63, 3.8) is 0 Å². The fourth-order valence-electron chi connectivity index (χ4n) is 1.12. The van der Waals surface area contributed by atoms with Gasteiger partial charge in [0.2, 0.25) is 0 Å². The summed E-state index contributed by atoms with van der Waals surface area (Å²) in [5, 5.41) is 18.8. The molecule has 0 unspecified atom stereocenters. The normalized spacial score (nSPS) is 14.8. The topological polar surface area (TPSA) is 40.5 Å². The number of aliphatic hydroxyl groups is 2. The zero-order chi connectivity index (χ0) is 9.61. The quantitative estimate of drug-likeness (QED) is 0.605. The minimum Gasteiger partial charge on any atom is -0.390 e. The van der Waals surface area contributed by atoms with Crippen LogP contribution in [0.3, 0.4) is 0 Å².